The Labute approximate surface area is 209 Å². The first kappa shape index (κ1) is 24.1. The zero-order valence-electron chi connectivity index (χ0n) is 18.4. The molecule has 0 spiro atoms. The fourth-order valence-corrected chi connectivity index (χ4v) is 5.00. The van der Waals surface area contributed by atoms with Crippen molar-refractivity contribution >= 4 is 53.5 Å². The van der Waals surface area contributed by atoms with Crippen molar-refractivity contribution in [2.75, 3.05) is 12.3 Å². The second-order valence-corrected chi connectivity index (χ2v) is 15.9. The monoisotopic (exact) mass is 601 g/mol. The van der Waals surface area contributed by atoms with Crippen molar-refractivity contribution in [3.8, 4) is 22.6 Å². The van der Waals surface area contributed by atoms with Crippen molar-refractivity contribution in [2.45, 2.75) is 32.4 Å². The molecule has 3 aromatic heterocycles. The van der Waals surface area contributed by atoms with Crippen molar-refractivity contribution in [3.05, 3.63) is 57.3 Å². The molecule has 4 rings (SSSR count). The SMILES string of the molecule is C[Si](C)(C)CCOCn1cc(Cl)nc1-c1nc(I)n2cc(-c3c(F)ccc(N)c3F)ccc12. The van der Waals surface area contributed by atoms with Crippen LogP contribution in [0.15, 0.2) is 36.7 Å². The molecule has 0 fully saturated rings. The number of aromatic nitrogens is 4. The third-order valence-electron chi connectivity index (χ3n) is 5.19. The predicted molar refractivity (Wildman–Crippen MR) is 138 cm³/mol. The molecule has 174 valence electrons. The van der Waals surface area contributed by atoms with Gasteiger partial charge in [-0.05, 0) is 24.2 Å². The van der Waals surface area contributed by atoms with Gasteiger partial charge in [-0.1, -0.05) is 37.3 Å². The Morgan fingerprint density at radius 2 is 1.88 bits per heavy atom. The summed E-state index contributed by atoms with van der Waals surface area (Å²) >= 11 is 8.27. The maximum absolute atomic E-state index is 14.6. The second kappa shape index (κ2) is 9.32. The summed E-state index contributed by atoms with van der Waals surface area (Å²) in [6.07, 6.45) is 3.34. The van der Waals surface area contributed by atoms with E-state index >= 15 is 0 Å². The first-order valence-corrected chi connectivity index (χ1v) is 15.4. The van der Waals surface area contributed by atoms with Gasteiger partial charge in [-0.15, -0.1) is 0 Å². The molecule has 0 amide bonds. The fourth-order valence-electron chi connectivity index (χ4n) is 3.41. The van der Waals surface area contributed by atoms with E-state index in [4.69, 9.17) is 22.1 Å². The minimum Gasteiger partial charge on any atom is -0.396 e. The summed E-state index contributed by atoms with van der Waals surface area (Å²) in [6, 6.07) is 6.80. The van der Waals surface area contributed by atoms with Gasteiger partial charge in [0.2, 0.25) is 0 Å². The number of hydrogen-bond donors (Lipinski definition) is 1. The molecule has 0 saturated heterocycles. The van der Waals surface area contributed by atoms with Crippen LogP contribution in [0.25, 0.3) is 28.2 Å². The van der Waals surface area contributed by atoms with Crippen LogP contribution in [0.2, 0.25) is 30.8 Å². The van der Waals surface area contributed by atoms with Gasteiger partial charge >= 0.3 is 0 Å². The average molecular weight is 602 g/mol. The molecular weight excluding hydrogens is 579 g/mol. The van der Waals surface area contributed by atoms with Crippen molar-refractivity contribution in [1.29, 1.82) is 0 Å². The lowest BCUT2D eigenvalue weighted by Crippen LogP contribution is -2.22. The molecule has 0 bridgehead atoms. The van der Waals surface area contributed by atoms with Gasteiger partial charge < -0.3 is 15.0 Å². The first-order chi connectivity index (χ1) is 15.5. The highest BCUT2D eigenvalue weighted by Crippen LogP contribution is 2.33. The summed E-state index contributed by atoms with van der Waals surface area (Å²) in [4.78, 5) is 9.08. The fraction of sp³-hybridized carbons (Fsp3) is 0.273. The number of anilines is 1. The van der Waals surface area contributed by atoms with Crippen LogP contribution >= 0.6 is 34.2 Å². The van der Waals surface area contributed by atoms with Crippen molar-refractivity contribution < 1.29 is 13.5 Å². The number of hydrogen-bond acceptors (Lipinski definition) is 4. The van der Waals surface area contributed by atoms with Crippen molar-refractivity contribution in [2.24, 2.45) is 0 Å². The largest absolute Gasteiger partial charge is 0.396 e. The number of ether oxygens (including phenoxy) is 1. The molecule has 2 N–H and O–H groups in total. The van der Waals surface area contributed by atoms with E-state index < -0.39 is 19.7 Å². The van der Waals surface area contributed by atoms with Crippen molar-refractivity contribution in [3.63, 3.8) is 0 Å². The Bertz CT molecular complexity index is 1330. The normalized spacial score (nSPS) is 12.1. The number of benzene rings is 1. The molecule has 0 aliphatic rings. The van der Waals surface area contributed by atoms with Gasteiger partial charge in [0, 0.05) is 55.2 Å². The van der Waals surface area contributed by atoms with Gasteiger partial charge in [-0.2, -0.15) is 0 Å². The van der Waals surface area contributed by atoms with E-state index in [1.165, 1.54) is 6.07 Å². The molecule has 0 unspecified atom stereocenters. The van der Waals surface area contributed by atoms with E-state index in [-0.39, 0.29) is 11.3 Å². The number of nitrogens with zero attached hydrogens (tertiary/aromatic N) is 4. The Hall–Kier alpha value is -2.02. The molecule has 4 aromatic rings. The number of rotatable bonds is 7. The minimum atomic E-state index is -1.20. The van der Waals surface area contributed by atoms with Crippen LogP contribution in [0, 0.1) is 15.5 Å². The van der Waals surface area contributed by atoms with E-state index in [2.05, 4.69) is 52.2 Å². The maximum atomic E-state index is 14.6. The molecule has 3 heterocycles. The number of nitrogen functional groups attached to an aromatic ring is 1. The van der Waals surface area contributed by atoms with Gasteiger partial charge in [-0.3, -0.25) is 4.40 Å². The zero-order valence-corrected chi connectivity index (χ0v) is 22.3. The number of nitrogens with two attached hydrogens (primary N) is 1. The third-order valence-corrected chi connectivity index (χ3v) is 7.84. The summed E-state index contributed by atoms with van der Waals surface area (Å²) in [7, 11) is -1.20. The van der Waals surface area contributed by atoms with Gasteiger partial charge in [0.05, 0.1) is 16.8 Å². The summed E-state index contributed by atoms with van der Waals surface area (Å²) in [5.74, 6) is -0.917. The predicted octanol–water partition coefficient (Wildman–Crippen LogP) is 6.30. The van der Waals surface area contributed by atoms with Gasteiger partial charge in [0.1, 0.15) is 23.4 Å². The van der Waals surface area contributed by atoms with Crippen molar-refractivity contribution in [1.82, 2.24) is 18.9 Å². The molecule has 1 aromatic carbocycles. The quantitative estimate of drug-likeness (QED) is 0.117. The third kappa shape index (κ3) is 5.08. The van der Waals surface area contributed by atoms with Gasteiger partial charge in [0.15, 0.2) is 15.5 Å². The summed E-state index contributed by atoms with van der Waals surface area (Å²) in [5.41, 5.74) is 7.02. The summed E-state index contributed by atoms with van der Waals surface area (Å²) in [6.45, 7) is 7.85. The maximum Gasteiger partial charge on any atom is 0.176 e. The van der Waals surface area contributed by atoms with E-state index in [1.54, 1.807) is 28.9 Å². The van der Waals surface area contributed by atoms with Crippen LogP contribution in [0.1, 0.15) is 0 Å². The first-order valence-electron chi connectivity index (χ1n) is 10.3. The number of fused-ring (bicyclic) bond motifs is 1. The molecular formula is C22H23ClF2IN5OSi. The molecule has 6 nitrogen and oxygen atoms in total. The number of imidazole rings is 2. The molecule has 0 radical (unpaired) electrons. The Morgan fingerprint density at radius 3 is 2.61 bits per heavy atom. The lowest BCUT2D eigenvalue weighted by Gasteiger charge is -2.15. The van der Waals surface area contributed by atoms with E-state index in [0.717, 1.165) is 17.6 Å². The van der Waals surface area contributed by atoms with E-state index in [1.807, 2.05) is 4.57 Å². The minimum absolute atomic E-state index is 0.113. The lowest BCUT2D eigenvalue weighted by atomic mass is 10.0. The van der Waals surface area contributed by atoms with Gasteiger partial charge in [0.25, 0.3) is 0 Å². The standard InChI is InChI=1S/C22H23ClF2IN5OSi/c1-33(2,3)9-8-32-12-30-11-17(23)28-21(30)20-16-7-4-13(10-31(16)22(26)29-20)18-14(24)5-6-15(27)19(18)25/h4-7,10-11H,8-9,12,27H2,1-3H3. The molecule has 0 saturated carbocycles. The molecule has 11 heteroatoms. The number of pyridine rings is 1. The average Bonchev–Trinajstić information content (AvgIpc) is 3.27. The number of halogens is 4. The molecule has 33 heavy (non-hydrogen) atoms. The lowest BCUT2D eigenvalue weighted by molar-refractivity contribution is 0.0882. The van der Waals surface area contributed by atoms with Crippen LogP contribution in [-0.2, 0) is 11.5 Å². The van der Waals surface area contributed by atoms with Crippen LogP contribution < -0.4 is 5.73 Å². The van der Waals surface area contributed by atoms with Crippen LogP contribution in [0.5, 0.6) is 0 Å². The highest BCUT2D eigenvalue weighted by molar-refractivity contribution is 14.1. The van der Waals surface area contributed by atoms with E-state index in [9.17, 15) is 8.78 Å². The molecule has 0 aliphatic heterocycles. The Balaban J connectivity index is 1.71. The molecule has 0 aliphatic carbocycles. The second-order valence-electron chi connectivity index (χ2n) is 8.93. The highest BCUT2D eigenvalue weighted by Gasteiger charge is 2.20. The zero-order chi connectivity index (χ0) is 23.9. The molecule has 0 atom stereocenters. The van der Waals surface area contributed by atoms with Crippen LogP contribution in [0.4, 0.5) is 14.5 Å². The Kier molecular flexibility index (Phi) is 6.81. The smallest absolute Gasteiger partial charge is 0.176 e. The Morgan fingerprint density at radius 1 is 1.12 bits per heavy atom. The van der Waals surface area contributed by atoms with Gasteiger partial charge in [-0.25, -0.2) is 18.7 Å². The van der Waals surface area contributed by atoms with Crippen LogP contribution in [0.3, 0.4) is 0 Å². The van der Waals surface area contributed by atoms with Crippen LogP contribution in [-0.4, -0.2) is 33.6 Å². The topological polar surface area (TPSA) is 70.4 Å². The van der Waals surface area contributed by atoms with E-state index in [0.29, 0.717) is 39.4 Å². The summed E-state index contributed by atoms with van der Waals surface area (Å²) in [5, 5.41) is 0.329. The summed E-state index contributed by atoms with van der Waals surface area (Å²) < 4.78 is 39.0. The highest BCUT2D eigenvalue weighted by atomic mass is 127.